The number of rotatable bonds is 2. The van der Waals surface area contributed by atoms with E-state index in [4.69, 9.17) is 0 Å². The van der Waals surface area contributed by atoms with Gasteiger partial charge in [-0.3, -0.25) is 4.79 Å². The topological polar surface area (TPSA) is 37.3 Å². The fourth-order valence-corrected chi connectivity index (χ4v) is 1.74. The molecule has 88 valence electrons. The Balaban J connectivity index is 0.000000423. The highest BCUT2D eigenvalue weighted by molar-refractivity contribution is 5.86. The summed E-state index contributed by atoms with van der Waals surface area (Å²) in [5.74, 6) is 0.0252. The third-order valence-electron chi connectivity index (χ3n) is 2.85. The van der Waals surface area contributed by atoms with Gasteiger partial charge in [-0.1, -0.05) is 38.3 Å². The molecule has 0 spiro atoms. The first-order chi connectivity index (χ1) is 7.10. The number of carbonyl (C=O) groups is 1. The van der Waals surface area contributed by atoms with Gasteiger partial charge < -0.3 is 5.11 Å². The molecule has 0 aliphatic heterocycles. The van der Waals surface area contributed by atoms with Gasteiger partial charge in [0.15, 0.2) is 5.78 Å². The lowest BCUT2D eigenvalue weighted by Gasteiger charge is -2.29. The zero-order valence-electron chi connectivity index (χ0n) is 10.3. The average Bonchev–Trinajstić information content (AvgIpc) is 2.29. The second kappa shape index (κ2) is 7.63. The lowest BCUT2D eigenvalue weighted by atomic mass is 9.81. The first-order valence-corrected chi connectivity index (χ1v) is 5.93. The minimum absolute atomic E-state index is 0.0252. The van der Waals surface area contributed by atoms with E-state index in [0.29, 0.717) is 19.3 Å². The molecular weight excluding hydrogens is 188 g/mol. The molecule has 1 saturated carbocycles. The summed E-state index contributed by atoms with van der Waals surface area (Å²) < 4.78 is 0. The van der Waals surface area contributed by atoms with Crippen molar-refractivity contribution in [2.45, 2.75) is 64.9 Å². The van der Waals surface area contributed by atoms with E-state index in [1.807, 2.05) is 32.9 Å². The van der Waals surface area contributed by atoms with Gasteiger partial charge in [0.1, 0.15) is 5.60 Å². The van der Waals surface area contributed by atoms with Crippen LogP contribution in [0.25, 0.3) is 0 Å². The van der Waals surface area contributed by atoms with Gasteiger partial charge in [0, 0.05) is 6.42 Å². The number of allylic oxidation sites excluding steroid dienone is 2. The Bertz CT molecular complexity index is 197. The SMILES string of the molecule is C/C=C\C.CCC(=O)C1(O)CCCCC1. The van der Waals surface area contributed by atoms with E-state index in [0.717, 1.165) is 12.8 Å². The summed E-state index contributed by atoms with van der Waals surface area (Å²) in [7, 11) is 0. The highest BCUT2D eigenvalue weighted by Crippen LogP contribution is 2.29. The molecule has 15 heavy (non-hydrogen) atoms. The molecule has 0 bridgehead atoms. The minimum Gasteiger partial charge on any atom is -0.382 e. The second-order valence-corrected chi connectivity index (χ2v) is 4.04. The largest absolute Gasteiger partial charge is 0.382 e. The highest BCUT2D eigenvalue weighted by Gasteiger charge is 2.35. The minimum atomic E-state index is -0.951. The molecule has 0 saturated heterocycles. The predicted octanol–water partition coefficient (Wildman–Crippen LogP) is 3.24. The van der Waals surface area contributed by atoms with E-state index in [9.17, 15) is 9.90 Å². The van der Waals surface area contributed by atoms with E-state index in [1.165, 1.54) is 6.42 Å². The van der Waals surface area contributed by atoms with Crippen LogP contribution in [0.5, 0.6) is 0 Å². The standard InChI is InChI=1S/C9H16O2.C4H8/c1-2-8(10)9(11)6-4-3-5-7-9;1-3-4-2/h11H,2-7H2,1H3;3-4H,1-2H3/b;4-3-. The molecule has 1 fully saturated rings. The lowest BCUT2D eigenvalue weighted by molar-refractivity contribution is -0.140. The van der Waals surface area contributed by atoms with Crippen LogP contribution in [0.1, 0.15) is 59.3 Å². The van der Waals surface area contributed by atoms with Crippen molar-refractivity contribution in [3.8, 4) is 0 Å². The Morgan fingerprint density at radius 1 is 1.20 bits per heavy atom. The van der Waals surface area contributed by atoms with Gasteiger partial charge in [0.05, 0.1) is 0 Å². The van der Waals surface area contributed by atoms with Crippen LogP contribution in [-0.2, 0) is 4.79 Å². The zero-order chi connectivity index (χ0) is 11.7. The maximum Gasteiger partial charge on any atom is 0.164 e. The van der Waals surface area contributed by atoms with E-state index in [1.54, 1.807) is 0 Å². The number of ketones is 1. The molecule has 1 aliphatic rings. The summed E-state index contributed by atoms with van der Waals surface area (Å²) in [6.45, 7) is 5.81. The molecule has 1 N–H and O–H groups in total. The Labute approximate surface area is 93.4 Å². The molecule has 0 aromatic heterocycles. The molecule has 0 amide bonds. The summed E-state index contributed by atoms with van der Waals surface area (Å²) in [6, 6.07) is 0. The smallest absolute Gasteiger partial charge is 0.164 e. The van der Waals surface area contributed by atoms with Gasteiger partial charge in [-0.15, -0.1) is 0 Å². The van der Waals surface area contributed by atoms with Gasteiger partial charge >= 0.3 is 0 Å². The fourth-order valence-electron chi connectivity index (χ4n) is 1.74. The summed E-state index contributed by atoms with van der Waals surface area (Å²) in [6.07, 6.45) is 9.00. The molecule has 0 unspecified atom stereocenters. The van der Waals surface area contributed by atoms with Crippen molar-refractivity contribution in [2.75, 3.05) is 0 Å². The third kappa shape index (κ3) is 5.12. The van der Waals surface area contributed by atoms with Gasteiger partial charge in [0.2, 0.25) is 0 Å². The molecule has 2 heteroatoms. The monoisotopic (exact) mass is 212 g/mol. The molecular formula is C13H24O2. The van der Waals surface area contributed by atoms with Gasteiger partial charge in [-0.05, 0) is 26.7 Å². The van der Waals surface area contributed by atoms with Crippen LogP contribution in [0.2, 0.25) is 0 Å². The van der Waals surface area contributed by atoms with Crippen LogP contribution in [0.3, 0.4) is 0 Å². The lowest BCUT2D eigenvalue weighted by Crippen LogP contribution is -2.39. The molecule has 0 atom stereocenters. The van der Waals surface area contributed by atoms with Crippen molar-refractivity contribution in [3.05, 3.63) is 12.2 Å². The molecule has 0 heterocycles. The first kappa shape index (κ1) is 14.4. The van der Waals surface area contributed by atoms with E-state index in [-0.39, 0.29) is 5.78 Å². The highest BCUT2D eigenvalue weighted by atomic mass is 16.3. The second-order valence-electron chi connectivity index (χ2n) is 4.04. The summed E-state index contributed by atoms with van der Waals surface area (Å²) in [5, 5.41) is 9.79. The average molecular weight is 212 g/mol. The zero-order valence-corrected chi connectivity index (χ0v) is 10.3. The Kier molecular flexibility index (Phi) is 7.31. The number of Topliss-reactive ketones (excluding diaryl/α,β-unsaturated/α-hetero) is 1. The van der Waals surface area contributed by atoms with Crippen LogP contribution in [0.15, 0.2) is 12.2 Å². The molecule has 1 rings (SSSR count). The number of hydrogen-bond acceptors (Lipinski definition) is 2. The van der Waals surface area contributed by atoms with Gasteiger partial charge in [0.25, 0.3) is 0 Å². The molecule has 0 radical (unpaired) electrons. The van der Waals surface area contributed by atoms with Crippen molar-refractivity contribution in [2.24, 2.45) is 0 Å². The predicted molar refractivity (Wildman–Crippen MR) is 63.8 cm³/mol. The molecule has 0 aromatic carbocycles. The maximum absolute atomic E-state index is 11.2. The van der Waals surface area contributed by atoms with E-state index < -0.39 is 5.60 Å². The van der Waals surface area contributed by atoms with Crippen LogP contribution >= 0.6 is 0 Å². The Morgan fingerprint density at radius 2 is 1.67 bits per heavy atom. The van der Waals surface area contributed by atoms with Crippen LogP contribution in [-0.4, -0.2) is 16.5 Å². The van der Waals surface area contributed by atoms with E-state index >= 15 is 0 Å². The fraction of sp³-hybridized carbons (Fsp3) is 0.769. The van der Waals surface area contributed by atoms with Crippen LogP contribution in [0, 0.1) is 0 Å². The number of carbonyl (C=O) groups excluding carboxylic acids is 1. The summed E-state index contributed by atoms with van der Waals surface area (Å²) in [4.78, 5) is 11.2. The summed E-state index contributed by atoms with van der Waals surface area (Å²) >= 11 is 0. The number of aliphatic hydroxyl groups is 1. The van der Waals surface area contributed by atoms with Crippen molar-refractivity contribution >= 4 is 5.78 Å². The Hall–Kier alpha value is -0.630. The normalized spacial score (nSPS) is 19.5. The van der Waals surface area contributed by atoms with Gasteiger partial charge in [-0.2, -0.15) is 0 Å². The first-order valence-electron chi connectivity index (χ1n) is 5.93. The third-order valence-corrected chi connectivity index (χ3v) is 2.85. The van der Waals surface area contributed by atoms with Crippen molar-refractivity contribution < 1.29 is 9.90 Å². The van der Waals surface area contributed by atoms with Crippen molar-refractivity contribution in [1.29, 1.82) is 0 Å². The maximum atomic E-state index is 11.2. The van der Waals surface area contributed by atoms with Gasteiger partial charge in [-0.25, -0.2) is 0 Å². The van der Waals surface area contributed by atoms with Crippen molar-refractivity contribution in [1.82, 2.24) is 0 Å². The van der Waals surface area contributed by atoms with E-state index in [2.05, 4.69) is 0 Å². The molecule has 0 aromatic rings. The molecule has 2 nitrogen and oxygen atoms in total. The summed E-state index contributed by atoms with van der Waals surface area (Å²) in [5.41, 5.74) is -0.951. The van der Waals surface area contributed by atoms with Crippen LogP contribution in [0.4, 0.5) is 0 Å². The number of hydrogen-bond donors (Lipinski definition) is 1. The van der Waals surface area contributed by atoms with Crippen LogP contribution < -0.4 is 0 Å². The quantitative estimate of drug-likeness (QED) is 0.713. The Morgan fingerprint density at radius 3 is 2.00 bits per heavy atom. The van der Waals surface area contributed by atoms with Crippen molar-refractivity contribution in [3.63, 3.8) is 0 Å². The molecule has 1 aliphatic carbocycles.